The molecule has 0 aliphatic carbocycles. The first-order valence-electron chi connectivity index (χ1n) is 10.9. The van der Waals surface area contributed by atoms with Crippen molar-refractivity contribution in [3.05, 3.63) is 77.2 Å². The lowest BCUT2D eigenvalue weighted by molar-refractivity contribution is 0.261. The predicted molar refractivity (Wildman–Crippen MR) is 135 cm³/mol. The number of hydrogen-bond acceptors (Lipinski definition) is 7. The minimum Gasteiger partial charge on any atom is -0.497 e. The van der Waals surface area contributed by atoms with Crippen LogP contribution in [0.4, 0.5) is 11.4 Å². The maximum Gasteiger partial charge on any atom is 0.346 e. The van der Waals surface area contributed by atoms with Crippen molar-refractivity contribution in [2.45, 2.75) is 0 Å². The van der Waals surface area contributed by atoms with Gasteiger partial charge >= 0.3 is 5.63 Å². The Bertz CT molecular complexity index is 1310. The van der Waals surface area contributed by atoms with Crippen molar-refractivity contribution in [1.29, 1.82) is 0 Å². The van der Waals surface area contributed by atoms with Crippen molar-refractivity contribution in [2.75, 3.05) is 46.8 Å². The van der Waals surface area contributed by atoms with E-state index in [9.17, 15) is 4.79 Å². The van der Waals surface area contributed by atoms with E-state index in [1.807, 2.05) is 74.8 Å². The summed E-state index contributed by atoms with van der Waals surface area (Å²) in [6.07, 6.45) is 0. The van der Waals surface area contributed by atoms with Crippen molar-refractivity contribution in [3.8, 4) is 28.4 Å². The normalized spacial score (nSPS) is 11.0. The van der Waals surface area contributed by atoms with E-state index in [4.69, 9.17) is 18.6 Å². The van der Waals surface area contributed by atoms with E-state index in [-0.39, 0.29) is 0 Å². The van der Waals surface area contributed by atoms with Gasteiger partial charge < -0.3 is 28.8 Å². The molecule has 0 aliphatic rings. The molecule has 0 amide bonds. The van der Waals surface area contributed by atoms with E-state index in [2.05, 4.69) is 10.2 Å². The summed E-state index contributed by atoms with van der Waals surface area (Å²) in [5, 5.41) is 4.19. The summed E-state index contributed by atoms with van der Waals surface area (Å²) in [5.41, 5.74) is 2.62. The van der Waals surface area contributed by atoms with Crippen LogP contribution in [0.1, 0.15) is 0 Å². The molecule has 0 unspecified atom stereocenters. The summed E-state index contributed by atoms with van der Waals surface area (Å²) in [6, 6.07) is 20.4. The lowest BCUT2D eigenvalue weighted by Crippen LogP contribution is -2.19. The second kappa shape index (κ2) is 10.3. The highest BCUT2D eigenvalue weighted by Crippen LogP contribution is 2.36. The van der Waals surface area contributed by atoms with Crippen LogP contribution in [0.2, 0.25) is 0 Å². The first-order valence-corrected chi connectivity index (χ1v) is 10.9. The van der Waals surface area contributed by atoms with Gasteiger partial charge in [0.05, 0.1) is 25.5 Å². The van der Waals surface area contributed by atoms with Crippen molar-refractivity contribution < 1.29 is 18.6 Å². The van der Waals surface area contributed by atoms with Gasteiger partial charge in [-0.2, -0.15) is 0 Å². The number of nitrogens with zero attached hydrogens (tertiary/aromatic N) is 1. The molecule has 7 heteroatoms. The van der Waals surface area contributed by atoms with Crippen LogP contribution in [-0.2, 0) is 0 Å². The fourth-order valence-electron chi connectivity index (χ4n) is 3.58. The van der Waals surface area contributed by atoms with E-state index in [1.165, 1.54) is 0 Å². The van der Waals surface area contributed by atoms with E-state index >= 15 is 0 Å². The van der Waals surface area contributed by atoms with Crippen LogP contribution in [0.5, 0.6) is 17.2 Å². The fraction of sp³-hybridized carbons (Fsp3) is 0.222. The van der Waals surface area contributed by atoms with Gasteiger partial charge in [-0.1, -0.05) is 12.1 Å². The van der Waals surface area contributed by atoms with Crippen molar-refractivity contribution in [1.82, 2.24) is 4.90 Å². The minimum atomic E-state index is -0.447. The Morgan fingerprint density at radius 2 is 1.50 bits per heavy atom. The van der Waals surface area contributed by atoms with Gasteiger partial charge in [0, 0.05) is 23.7 Å². The van der Waals surface area contributed by atoms with E-state index in [0.29, 0.717) is 34.9 Å². The smallest absolute Gasteiger partial charge is 0.346 e. The standard InChI is InChI=1S/C27H28N2O5/c1-29(2)15-16-33-21-11-7-19(8-12-21)28-26-23-14-13-22(32-4)17-24(23)34-27(30)25(26)18-5-9-20(31-3)10-6-18/h5-14,17,28H,15-16H2,1-4H3. The third-order valence-electron chi connectivity index (χ3n) is 5.42. The maximum atomic E-state index is 13.1. The van der Waals surface area contributed by atoms with Crippen molar-refractivity contribution in [2.24, 2.45) is 0 Å². The molecule has 34 heavy (non-hydrogen) atoms. The maximum absolute atomic E-state index is 13.1. The average molecular weight is 461 g/mol. The summed E-state index contributed by atoms with van der Waals surface area (Å²) < 4.78 is 22.0. The molecular formula is C27H28N2O5. The zero-order chi connectivity index (χ0) is 24.1. The molecule has 4 aromatic rings. The number of ether oxygens (including phenoxy) is 3. The van der Waals surface area contributed by atoms with Gasteiger partial charge in [0.15, 0.2) is 0 Å². The van der Waals surface area contributed by atoms with Crippen LogP contribution in [-0.4, -0.2) is 46.4 Å². The highest BCUT2D eigenvalue weighted by atomic mass is 16.5. The van der Waals surface area contributed by atoms with Gasteiger partial charge in [-0.15, -0.1) is 0 Å². The average Bonchev–Trinajstić information content (AvgIpc) is 2.84. The van der Waals surface area contributed by atoms with Crippen LogP contribution in [0.25, 0.3) is 22.1 Å². The van der Waals surface area contributed by atoms with Gasteiger partial charge in [0.25, 0.3) is 0 Å². The molecule has 1 N–H and O–H groups in total. The van der Waals surface area contributed by atoms with Crippen LogP contribution >= 0.6 is 0 Å². The number of hydrogen-bond donors (Lipinski definition) is 1. The lowest BCUT2D eigenvalue weighted by Gasteiger charge is -2.16. The highest BCUT2D eigenvalue weighted by molar-refractivity contribution is 6.00. The zero-order valence-corrected chi connectivity index (χ0v) is 19.8. The van der Waals surface area contributed by atoms with Gasteiger partial charge in [-0.05, 0) is 68.2 Å². The summed E-state index contributed by atoms with van der Waals surface area (Å²) in [5.74, 6) is 2.10. The van der Waals surface area contributed by atoms with Crippen LogP contribution in [0.3, 0.4) is 0 Å². The molecule has 0 fully saturated rings. The van der Waals surface area contributed by atoms with Gasteiger partial charge in [-0.25, -0.2) is 4.79 Å². The number of nitrogens with one attached hydrogen (secondary N) is 1. The molecule has 0 radical (unpaired) electrons. The molecule has 0 atom stereocenters. The fourth-order valence-corrected chi connectivity index (χ4v) is 3.58. The number of likely N-dealkylation sites (N-methyl/N-ethyl adjacent to an activating group) is 1. The number of fused-ring (bicyclic) bond motifs is 1. The predicted octanol–water partition coefficient (Wildman–Crippen LogP) is 5.16. The Morgan fingerprint density at radius 3 is 2.15 bits per heavy atom. The Labute approximate surface area is 198 Å². The molecule has 0 saturated heterocycles. The monoisotopic (exact) mass is 460 g/mol. The van der Waals surface area contributed by atoms with Gasteiger partial charge in [0.2, 0.25) is 0 Å². The van der Waals surface area contributed by atoms with Crippen molar-refractivity contribution >= 4 is 22.3 Å². The Morgan fingerprint density at radius 1 is 0.853 bits per heavy atom. The first-order chi connectivity index (χ1) is 16.5. The Kier molecular flexibility index (Phi) is 7.04. The second-order valence-electron chi connectivity index (χ2n) is 8.03. The number of anilines is 2. The Balaban J connectivity index is 1.75. The number of methoxy groups -OCH3 is 2. The third kappa shape index (κ3) is 5.15. The molecule has 4 rings (SSSR count). The molecule has 7 nitrogen and oxygen atoms in total. The summed E-state index contributed by atoms with van der Waals surface area (Å²) >= 11 is 0. The second-order valence-corrected chi connectivity index (χ2v) is 8.03. The molecule has 176 valence electrons. The number of rotatable bonds is 9. The highest BCUT2D eigenvalue weighted by Gasteiger charge is 2.18. The third-order valence-corrected chi connectivity index (χ3v) is 5.42. The topological polar surface area (TPSA) is 73.2 Å². The van der Waals surface area contributed by atoms with E-state index in [0.717, 1.165) is 28.9 Å². The first kappa shape index (κ1) is 23.2. The van der Waals surface area contributed by atoms with Gasteiger partial charge in [-0.3, -0.25) is 0 Å². The molecule has 1 aromatic heterocycles. The molecular weight excluding hydrogens is 432 g/mol. The molecule has 3 aromatic carbocycles. The molecule has 0 spiro atoms. The summed E-state index contributed by atoms with van der Waals surface area (Å²) in [6.45, 7) is 1.44. The minimum absolute atomic E-state index is 0.437. The van der Waals surface area contributed by atoms with E-state index < -0.39 is 5.63 Å². The number of benzene rings is 3. The lowest BCUT2D eigenvalue weighted by atomic mass is 10.0. The van der Waals surface area contributed by atoms with E-state index in [1.54, 1.807) is 20.3 Å². The van der Waals surface area contributed by atoms with Crippen LogP contribution < -0.4 is 25.2 Å². The Hall–Kier alpha value is -3.97. The molecule has 0 saturated carbocycles. The van der Waals surface area contributed by atoms with Crippen molar-refractivity contribution in [3.63, 3.8) is 0 Å². The molecule has 1 heterocycles. The molecule has 0 bridgehead atoms. The quantitative estimate of drug-likeness (QED) is 0.346. The summed E-state index contributed by atoms with van der Waals surface area (Å²) in [7, 11) is 7.19. The van der Waals surface area contributed by atoms with Crippen LogP contribution in [0.15, 0.2) is 75.9 Å². The summed E-state index contributed by atoms with van der Waals surface area (Å²) in [4.78, 5) is 15.2. The van der Waals surface area contributed by atoms with Gasteiger partial charge in [0.1, 0.15) is 29.4 Å². The zero-order valence-electron chi connectivity index (χ0n) is 19.8. The SMILES string of the molecule is COc1ccc(-c2c(Nc3ccc(OCCN(C)C)cc3)c3ccc(OC)cc3oc2=O)cc1. The van der Waals surface area contributed by atoms with Crippen LogP contribution in [0, 0.1) is 0 Å². The largest absolute Gasteiger partial charge is 0.497 e. The molecule has 0 aliphatic heterocycles.